The number of likely N-dealkylation sites (tertiary alicyclic amines) is 1. The summed E-state index contributed by atoms with van der Waals surface area (Å²) in [6, 6.07) is 6.13. The van der Waals surface area contributed by atoms with E-state index in [-0.39, 0.29) is 0 Å². The summed E-state index contributed by atoms with van der Waals surface area (Å²) in [6.45, 7) is 5.62. The standard InChI is InChI=1S/C13H20ClN3/c1-10(17-6-2-3-7-17)9-16-13-5-4-11(14)8-12(13)15/h4-5,8,10,16H,2-3,6-7,9,15H2,1H3. The molecule has 0 aromatic heterocycles. The van der Waals surface area contributed by atoms with Crippen molar-refractivity contribution in [2.45, 2.75) is 25.8 Å². The highest BCUT2D eigenvalue weighted by Crippen LogP contribution is 2.23. The van der Waals surface area contributed by atoms with Crippen LogP contribution < -0.4 is 11.1 Å². The first kappa shape index (κ1) is 12.5. The predicted molar refractivity (Wildman–Crippen MR) is 74.6 cm³/mol. The molecule has 1 aliphatic rings. The molecule has 1 atom stereocenters. The minimum Gasteiger partial charge on any atom is -0.397 e. The molecule has 0 aliphatic carbocycles. The summed E-state index contributed by atoms with van der Waals surface area (Å²) in [5.41, 5.74) is 7.59. The summed E-state index contributed by atoms with van der Waals surface area (Å²) in [4.78, 5) is 2.51. The second-order valence-electron chi connectivity index (χ2n) is 4.70. The molecule has 1 aromatic rings. The van der Waals surface area contributed by atoms with Crippen molar-refractivity contribution in [2.75, 3.05) is 30.7 Å². The van der Waals surface area contributed by atoms with Gasteiger partial charge in [-0.1, -0.05) is 11.6 Å². The minimum absolute atomic E-state index is 0.549. The zero-order valence-electron chi connectivity index (χ0n) is 10.2. The molecule has 3 nitrogen and oxygen atoms in total. The van der Waals surface area contributed by atoms with Crippen molar-refractivity contribution in [1.29, 1.82) is 0 Å². The van der Waals surface area contributed by atoms with E-state index in [2.05, 4.69) is 17.1 Å². The van der Waals surface area contributed by atoms with Crippen molar-refractivity contribution in [1.82, 2.24) is 4.90 Å². The molecule has 1 aliphatic heterocycles. The molecule has 1 saturated heterocycles. The van der Waals surface area contributed by atoms with Crippen LogP contribution in [0.25, 0.3) is 0 Å². The Bertz CT molecular complexity index is 375. The van der Waals surface area contributed by atoms with Gasteiger partial charge in [-0.15, -0.1) is 0 Å². The third kappa shape index (κ3) is 3.27. The molecule has 0 radical (unpaired) electrons. The van der Waals surface area contributed by atoms with E-state index in [9.17, 15) is 0 Å². The number of nitrogens with two attached hydrogens (primary N) is 1. The molecule has 0 amide bonds. The number of rotatable bonds is 4. The Labute approximate surface area is 108 Å². The lowest BCUT2D eigenvalue weighted by molar-refractivity contribution is 0.269. The van der Waals surface area contributed by atoms with Gasteiger partial charge in [0.05, 0.1) is 11.4 Å². The van der Waals surface area contributed by atoms with E-state index in [0.29, 0.717) is 16.8 Å². The van der Waals surface area contributed by atoms with Crippen LogP contribution >= 0.6 is 11.6 Å². The van der Waals surface area contributed by atoms with Crippen molar-refractivity contribution in [3.8, 4) is 0 Å². The molecule has 0 bridgehead atoms. The molecular weight excluding hydrogens is 234 g/mol. The van der Waals surface area contributed by atoms with Crippen LogP contribution in [0.4, 0.5) is 11.4 Å². The van der Waals surface area contributed by atoms with E-state index in [1.165, 1.54) is 25.9 Å². The van der Waals surface area contributed by atoms with E-state index in [0.717, 1.165) is 12.2 Å². The van der Waals surface area contributed by atoms with Gasteiger partial charge in [-0.2, -0.15) is 0 Å². The smallest absolute Gasteiger partial charge is 0.0575 e. The number of hydrogen-bond donors (Lipinski definition) is 2. The maximum Gasteiger partial charge on any atom is 0.0575 e. The number of nitrogens with zero attached hydrogens (tertiary/aromatic N) is 1. The van der Waals surface area contributed by atoms with Crippen LogP contribution in [-0.2, 0) is 0 Å². The lowest BCUT2D eigenvalue weighted by Gasteiger charge is -2.24. The number of anilines is 2. The van der Waals surface area contributed by atoms with Gasteiger partial charge >= 0.3 is 0 Å². The summed E-state index contributed by atoms with van der Waals surface area (Å²) in [5.74, 6) is 0. The quantitative estimate of drug-likeness (QED) is 0.811. The van der Waals surface area contributed by atoms with Gasteiger partial charge in [0.1, 0.15) is 0 Å². The number of halogens is 1. The molecule has 1 unspecified atom stereocenters. The van der Waals surface area contributed by atoms with Gasteiger partial charge in [0, 0.05) is 17.6 Å². The van der Waals surface area contributed by atoms with Crippen LogP contribution in [0.2, 0.25) is 5.02 Å². The van der Waals surface area contributed by atoms with Gasteiger partial charge in [0.25, 0.3) is 0 Å². The van der Waals surface area contributed by atoms with Crippen molar-refractivity contribution in [3.63, 3.8) is 0 Å². The molecule has 4 heteroatoms. The largest absolute Gasteiger partial charge is 0.397 e. The Balaban J connectivity index is 1.88. The Hall–Kier alpha value is -0.930. The van der Waals surface area contributed by atoms with Gasteiger partial charge in [-0.25, -0.2) is 0 Å². The predicted octanol–water partition coefficient (Wildman–Crippen LogP) is 2.82. The van der Waals surface area contributed by atoms with Crippen molar-refractivity contribution >= 4 is 23.0 Å². The van der Waals surface area contributed by atoms with Crippen LogP contribution in [0.1, 0.15) is 19.8 Å². The molecule has 1 fully saturated rings. The van der Waals surface area contributed by atoms with E-state index in [1.807, 2.05) is 12.1 Å². The lowest BCUT2D eigenvalue weighted by Crippen LogP contribution is -2.35. The van der Waals surface area contributed by atoms with Gasteiger partial charge < -0.3 is 11.1 Å². The van der Waals surface area contributed by atoms with Crippen molar-refractivity contribution in [3.05, 3.63) is 23.2 Å². The van der Waals surface area contributed by atoms with E-state index in [1.54, 1.807) is 6.07 Å². The fourth-order valence-electron chi connectivity index (χ4n) is 2.26. The summed E-state index contributed by atoms with van der Waals surface area (Å²) in [7, 11) is 0. The molecule has 0 saturated carbocycles. The molecule has 94 valence electrons. The van der Waals surface area contributed by atoms with E-state index in [4.69, 9.17) is 17.3 Å². The zero-order valence-corrected chi connectivity index (χ0v) is 11.0. The molecule has 3 N–H and O–H groups in total. The van der Waals surface area contributed by atoms with Crippen molar-refractivity contribution in [2.24, 2.45) is 0 Å². The third-order valence-corrected chi connectivity index (χ3v) is 3.60. The van der Waals surface area contributed by atoms with Gasteiger partial charge in [-0.05, 0) is 51.1 Å². The van der Waals surface area contributed by atoms with Crippen LogP contribution in [-0.4, -0.2) is 30.6 Å². The van der Waals surface area contributed by atoms with Gasteiger partial charge in [-0.3, -0.25) is 4.90 Å². The summed E-state index contributed by atoms with van der Waals surface area (Å²) < 4.78 is 0. The highest BCUT2D eigenvalue weighted by molar-refractivity contribution is 6.31. The van der Waals surface area contributed by atoms with Gasteiger partial charge in [0.15, 0.2) is 0 Å². The Morgan fingerprint density at radius 2 is 2.12 bits per heavy atom. The Morgan fingerprint density at radius 1 is 1.41 bits per heavy atom. The molecule has 1 heterocycles. The molecule has 17 heavy (non-hydrogen) atoms. The SMILES string of the molecule is CC(CNc1ccc(Cl)cc1N)N1CCCC1. The first-order valence-corrected chi connectivity index (χ1v) is 6.57. The second kappa shape index (κ2) is 5.61. The first-order chi connectivity index (χ1) is 8.16. The molecular formula is C13H20ClN3. The first-order valence-electron chi connectivity index (χ1n) is 6.20. The Morgan fingerprint density at radius 3 is 2.76 bits per heavy atom. The molecule has 2 rings (SSSR count). The molecule has 1 aromatic carbocycles. The van der Waals surface area contributed by atoms with E-state index >= 15 is 0 Å². The normalized spacial score (nSPS) is 18.2. The Kier molecular flexibility index (Phi) is 4.13. The number of hydrogen-bond acceptors (Lipinski definition) is 3. The number of nitrogens with one attached hydrogen (secondary N) is 1. The van der Waals surface area contributed by atoms with E-state index < -0.39 is 0 Å². The number of benzene rings is 1. The minimum atomic E-state index is 0.549. The fraction of sp³-hybridized carbons (Fsp3) is 0.538. The van der Waals surface area contributed by atoms with Gasteiger partial charge in [0.2, 0.25) is 0 Å². The number of nitrogen functional groups attached to an aromatic ring is 1. The highest BCUT2D eigenvalue weighted by Gasteiger charge is 2.17. The average Bonchev–Trinajstić information content (AvgIpc) is 2.81. The monoisotopic (exact) mass is 253 g/mol. The highest BCUT2D eigenvalue weighted by atomic mass is 35.5. The summed E-state index contributed by atoms with van der Waals surface area (Å²) in [5, 5.41) is 4.07. The van der Waals surface area contributed by atoms with Crippen LogP contribution in [0.5, 0.6) is 0 Å². The zero-order chi connectivity index (χ0) is 12.3. The summed E-state index contributed by atoms with van der Waals surface area (Å²) >= 11 is 5.87. The van der Waals surface area contributed by atoms with Crippen LogP contribution in [0, 0.1) is 0 Å². The lowest BCUT2D eigenvalue weighted by atomic mass is 10.2. The maximum atomic E-state index is 5.90. The average molecular weight is 254 g/mol. The van der Waals surface area contributed by atoms with Crippen LogP contribution in [0.3, 0.4) is 0 Å². The van der Waals surface area contributed by atoms with Crippen LogP contribution in [0.15, 0.2) is 18.2 Å². The fourth-order valence-corrected chi connectivity index (χ4v) is 2.44. The van der Waals surface area contributed by atoms with Crippen molar-refractivity contribution < 1.29 is 0 Å². The summed E-state index contributed by atoms with van der Waals surface area (Å²) in [6.07, 6.45) is 2.65. The maximum absolute atomic E-state index is 5.90. The second-order valence-corrected chi connectivity index (χ2v) is 5.14. The topological polar surface area (TPSA) is 41.3 Å². The third-order valence-electron chi connectivity index (χ3n) is 3.37. The molecule has 0 spiro atoms.